The summed E-state index contributed by atoms with van der Waals surface area (Å²) in [6.45, 7) is 4.77. The predicted octanol–water partition coefficient (Wildman–Crippen LogP) is 2.20. The van der Waals surface area contributed by atoms with Crippen molar-refractivity contribution < 1.29 is 4.74 Å². The van der Waals surface area contributed by atoms with Gasteiger partial charge in [-0.25, -0.2) is 10.8 Å². The van der Waals surface area contributed by atoms with Gasteiger partial charge < -0.3 is 10.2 Å². The maximum absolute atomic E-state index is 5.77. The largest absolute Gasteiger partial charge is 0.477 e. The van der Waals surface area contributed by atoms with E-state index in [-0.39, 0.29) is 0 Å². The molecule has 1 fully saturated rings. The van der Waals surface area contributed by atoms with Crippen LogP contribution in [0.5, 0.6) is 5.88 Å². The number of ether oxygens (including phenoxy) is 1. The Bertz CT molecular complexity index is 404. The van der Waals surface area contributed by atoms with Crippen molar-refractivity contribution in [2.24, 2.45) is 11.8 Å². The number of nitrogen functional groups attached to an aromatic ring is 1. The molecule has 0 bridgehead atoms. The first-order chi connectivity index (χ1) is 8.74. The predicted molar refractivity (Wildman–Crippen MR) is 71.4 cm³/mol. The number of nitrogens with zero attached hydrogens (tertiary/aromatic N) is 2. The Morgan fingerprint density at radius 1 is 1.39 bits per heavy atom. The molecule has 1 aromatic rings. The van der Waals surface area contributed by atoms with E-state index in [9.17, 15) is 0 Å². The number of anilines is 1. The average Bonchev–Trinajstić information content (AvgIpc) is 3.17. The fourth-order valence-electron chi connectivity index (χ4n) is 1.89. The van der Waals surface area contributed by atoms with E-state index in [0.29, 0.717) is 11.7 Å². The number of hydrogen-bond donors (Lipinski definition) is 2. The molecule has 18 heavy (non-hydrogen) atoms. The van der Waals surface area contributed by atoms with Crippen LogP contribution in [0.3, 0.4) is 0 Å². The van der Waals surface area contributed by atoms with Crippen molar-refractivity contribution in [1.82, 2.24) is 9.97 Å². The fourth-order valence-corrected chi connectivity index (χ4v) is 1.89. The maximum Gasteiger partial charge on any atom is 0.221 e. The van der Waals surface area contributed by atoms with Gasteiger partial charge in [0.2, 0.25) is 5.88 Å². The minimum absolute atomic E-state index is 0.662. The lowest BCUT2D eigenvalue weighted by Crippen LogP contribution is -2.14. The van der Waals surface area contributed by atoms with Gasteiger partial charge in [-0.2, -0.15) is 4.98 Å². The molecule has 5 nitrogen and oxygen atoms in total. The molecule has 1 heterocycles. The molecule has 2 rings (SSSR count). The molecule has 0 aliphatic heterocycles. The van der Waals surface area contributed by atoms with Crippen LogP contribution < -0.4 is 16.0 Å². The zero-order valence-electron chi connectivity index (χ0n) is 11.2. The molecular weight excluding hydrogens is 228 g/mol. The van der Waals surface area contributed by atoms with E-state index in [4.69, 9.17) is 10.6 Å². The van der Waals surface area contributed by atoms with Gasteiger partial charge in [0.25, 0.3) is 0 Å². The third-order valence-electron chi connectivity index (χ3n) is 3.22. The summed E-state index contributed by atoms with van der Waals surface area (Å²) in [4.78, 5) is 8.83. The molecule has 0 radical (unpaired) electrons. The Kier molecular flexibility index (Phi) is 4.36. The topological polar surface area (TPSA) is 73.1 Å². The van der Waals surface area contributed by atoms with Crippen LogP contribution >= 0.6 is 0 Å². The molecule has 3 N–H and O–H groups in total. The first kappa shape index (κ1) is 13.1. The van der Waals surface area contributed by atoms with Crippen LogP contribution in [0, 0.1) is 12.8 Å². The van der Waals surface area contributed by atoms with Gasteiger partial charge in [-0.05, 0) is 25.7 Å². The van der Waals surface area contributed by atoms with Gasteiger partial charge in [-0.3, -0.25) is 0 Å². The number of nitrogens with one attached hydrogen (secondary N) is 1. The normalized spacial score (nSPS) is 14.6. The highest BCUT2D eigenvalue weighted by Crippen LogP contribution is 2.32. The monoisotopic (exact) mass is 250 g/mol. The van der Waals surface area contributed by atoms with Crippen LogP contribution in [0.15, 0.2) is 0 Å². The minimum atomic E-state index is 0.662. The van der Waals surface area contributed by atoms with Gasteiger partial charge in [0, 0.05) is 6.42 Å². The summed E-state index contributed by atoms with van der Waals surface area (Å²) >= 11 is 0. The van der Waals surface area contributed by atoms with Crippen molar-refractivity contribution in [3.63, 3.8) is 0 Å². The first-order valence-corrected chi connectivity index (χ1v) is 6.71. The number of hydrogen-bond acceptors (Lipinski definition) is 5. The van der Waals surface area contributed by atoms with Crippen LogP contribution in [-0.4, -0.2) is 16.6 Å². The quantitative estimate of drug-likeness (QED) is 0.573. The van der Waals surface area contributed by atoms with E-state index in [1.165, 1.54) is 12.8 Å². The Hall–Kier alpha value is -1.36. The van der Waals surface area contributed by atoms with Crippen LogP contribution in [0.25, 0.3) is 0 Å². The molecule has 0 saturated heterocycles. The van der Waals surface area contributed by atoms with Crippen molar-refractivity contribution in [2.75, 3.05) is 12.0 Å². The summed E-state index contributed by atoms with van der Waals surface area (Å²) < 4.78 is 5.77. The molecule has 1 aliphatic rings. The molecule has 1 aliphatic carbocycles. The number of aromatic nitrogens is 2. The summed E-state index contributed by atoms with van der Waals surface area (Å²) in [5, 5.41) is 0. The van der Waals surface area contributed by atoms with Crippen LogP contribution in [0.4, 0.5) is 5.82 Å². The third-order valence-corrected chi connectivity index (χ3v) is 3.22. The van der Waals surface area contributed by atoms with Gasteiger partial charge in [0.15, 0.2) is 0 Å². The third kappa shape index (κ3) is 3.32. The number of nitrogens with two attached hydrogens (primary N) is 1. The smallest absolute Gasteiger partial charge is 0.221 e. The zero-order chi connectivity index (χ0) is 13.0. The molecule has 0 spiro atoms. The average molecular weight is 250 g/mol. The molecular formula is C13H22N4O. The van der Waals surface area contributed by atoms with Crippen molar-refractivity contribution in [3.8, 4) is 5.88 Å². The highest BCUT2D eigenvalue weighted by Gasteiger charge is 2.21. The molecule has 1 saturated carbocycles. The van der Waals surface area contributed by atoms with Crippen LogP contribution in [-0.2, 0) is 6.42 Å². The van der Waals surface area contributed by atoms with Crippen LogP contribution in [0.1, 0.15) is 44.0 Å². The Labute approximate surface area is 108 Å². The van der Waals surface area contributed by atoms with Gasteiger partial charge in [0.1, 0.15) is 11.6 Å². The van der Waals surface area contributed by atoms with E-state index in [2.05, 4.69) is 22.3 Å². The van der Waals surface area contributed by atoms with E-state index in [0.717, 1.165) is 43.2 Å². The van der Waals surface area contributed by atoms with E-state index in [1.54, 1.807) is 0 Å². The second-order valence-corrected chi connectivity index (χ2v) is 4.89. The van der Waals surface area contributed by atoms with Gasteiger partial charge in [-0.1, -0.05) is 19.8 Å². The minimum Gasteiger partial charge on any atom is -0.477 e. The SMILES string of the molecule is CCCc1nc(NN)c(C)c(OCCC2CC2)n1. The molecule has 1 aromatic heterocycles. The maximum atomic E-state index is 5.77. The lowest BCUT2D eigenvalue weighted by Gasteiger charge is -2.12. The molecule has 0 atom stereocenters. The second kappa shape index (κ2) is 6.00. The lowest BCUT2D eigenvalue weighted by atomic mass is 10.3. The number of rotatable bonds is 7. The van der Waals surface area contributed by atoms with Crippen molar-refractivity contribution in [3.05, 3.63) is 11.4 Å². The van der Waals surface area contributed by atoms with Gasteiger partial charge in [-0.15, -0.1) is 0 Å². The first-order valence-electron chi connectivity index (χ1n) is 6.71. The van der Waals surface area contributed by atoms with Gasteiger partial charge in [0.05, 0.1) is 12.2 Å². The van der Waals surface area contributed by atoms with Crippen LogP contribution in [0.2, 0.25) is 0 Å². The molecule has 0 aromatic carbocycles. The summed E-state index contributed by atoms with van der Waals surface area (Å²) in [6.07, 6.45) is 5.67. The highest BCUT2D eigenvalue weighted by atomic mass is 16.5. The molecule has 0 unspecified atom stereocenters. The van der Waals surface area contributed by atoms with Crippen molar-refractivity contribution in [2.45, 2.75) is 46.0 Å². The molecule has 5 heteroatoms. The number of hydrazine groups is 1. The highest BCUT2D eigenvalue weighted by molar-refractivity contribution is 5.47. The Morgan fingerprint density at radius 3 is 2.78 bits per heavy atom. The van der Waals surface area contributed by atoms with E-state index < -0.39 is 0 Å². The van der Waals surface area contributed by atoms with E-state index in [1.807, 2.05) is 6.92 Å². The van der Waals surface area contributed by atoms with Crippen molar-refractivity contribution >= 4 is 5.82 Å². The summed E-state index contributed by atoms with van der Waals surface area (Å²) in [7, 11) is 0. The fraction of sp³-hybridized carbons (Fsp3) is 0.692. The summed E-state index contributed by atoms with van der Waals surface area (Å²) in [6, 6.07) is 0. The number of aryl methyl sites for hydroxylation is 1. The lowest BCUT2D eigenvalue weighted by molar-refractivity contribution is 0.288. The van der Waals surface area contributed by atoms with E-state index >= 15 is 0 Å². The standard InChI is InChI=1S/C13H22N4O/c1-3-4-11-15-12(17-14)9(2)13(16-11)18-8-7-10-5-6-10/h10H,3-8,14H2,1-2H3,(H,15,16,17). The zero-order valence-corrected chi connectivity index (χ0v) is 11.2. The van der Waals surface area contributed by atoms with Crippen molar-refractivity contribution in [1.29, 1.82) is 0 Å². The Morgan fingerprint density at radius 2 is 2.17 bits per heavy atom. The molecule has 100 valence electrons. The summed E-state index contributed by atoms with van der Waals surface area (Å²) in [5.74, 6) is 8.47. The van der Waals surface area contributed by atoms with Gasteiger partial charge >= 0.3 is 0 Å². The second-order valence-electron chi connectivity index (χ2n) is 4.89. The summed E-state index contributed by atoms with van der Waals surface area (Å²) in [5.41, 5.74) is 3.50. The molecule has 0 amide bonds. The Balaban J connectivity index is 2.06.